The number of hydrogen-bond donors (Lipinski definition) is 1. The number of ether oxygens (including phenoxy) is 1. The zero-order valence-corrected chi connectivity index (χ0v) is 18.5. The average Bonchev–Trinajstić information content (AvgIpc) is 2.95. The van der Waals surface area contributed by atoms with Gasteiger partial charge in [0.15, 0.2) is 0 Å². The highest BCUT2D eigenvalue weighted by molar-refractivity contribution is 7.18. The highest BCUT2D eigenvalue weighted by Crippen LogP contribution is 2.28. The third kappa shape index (κ3) is 4.97. The number of thiophene rings is 1. The van der Waals surface area contributed by atoms with Gasteiger partial charge in [0.25, 0.3) is 5.56 Å². The smallest absolute Gasteiger partial charge is 0.262 e. The minimum atomic E-state index is -0.206. The lowest BCUT2D eigenvalue weighted by molar-refractivity contribution is -0.116. The first-order valence-electron chi connectivity index (χ1n) is 9.43. The summed E-state index contributed by atoms with van der Waals surface area (Å²) in [6.07, 6.45) is 1.66. The number of halogens is 1. The van der Waals surface area contributed by atoms with Gasteiger partial charge in [-0.1, -0.05) is 25.4 Å². The van der Waals surface area contributed by atoms with Crippen LogP contribution in [0.1, 0.15) is 30.7 Å². The largest absolute Gasteiger partial charge is 0.492 e. The number of carbonyl (C=O) groups is 1. The van der Waals surface area contributed by atoms with E-state index in [1.54, 1.807) is 18.2 Å². The van der Waals surface area contributed by atoms with Crippen LogP contribution in [0.2, 0.25) is 5.02 Å². The third-order valence-corrected chi connectivity index (χ3v) is 5.93. The Bertz CT molecular complexity index is 1100. The average molecular weight is 434 g/mol. The lowest BCUT2D eigenvalue weighted by atomic mass is 10.2. The van der Waals surface area contributed by atoms with Crippen molar-refractivity contribution >= 4 is 44.7 Å². The van der Waals surface area contributed by atoms with Gasteiger partial charge in [0.05, 0.1) is 23.3 Å². The van der Waals surface area contributed by atoms with Gasteiger partial charge >= 0.3 is 0 Å². The molecule has 0 aliphatic rings. The maximum atomic E-state index is 12.7. The molecule has 0 aliphatic heterocycles. The predicted molar refractivity (Wildman–Crippen MR) is 118 cm³/mol. The molecule has 0 aliphatic carbocycles. The van der Waals surface area contributed by atoms with E-state index < -0.39 is 0 Å². The van der Waals surface area contributed by atoms with Crippen molar-refractivity contribution in [3.63, 3.8) is 0 Å². The molecule has 6 nitrogen and oxygen atoms in total. The highest BCUT2D eigenvalue weighted by Gasteiger charge is 2.13. The second-order valence-corrected chi connectivity index (χ2v) is 8.97. The quantitative estimate of drug-likeness (QED) is 0.581. The molecule has 0 spiro atoms. The van der Waals surface area contributed by atoms with Crippen molar-refractivity contribution in [3.8, 4) is 5.75 Å². The number of nitrogens with zero attached hydrogens (tertiary/aromatic N) is 2. The molecular weight excluding hydrogens is 410 g/mol. The van der Waals surface area contributed by atoms with E-state index in [-0.39, 0.29) is 24.4 Å². The summed E-state index contributed by atoms with van der Waals surface area (Å²) in [7, 11) is 0. The Morgan fingerprint density at radius 3 is 2.79 bits per heavy atom. The zero-order valence-electron chi connectivity index (χ0n) is 16.9. The molecule has 0 atom stereocenters. The second kappa shape index (κ2) is 8.97. The van der Waals surface area contributed by atoms with Crippen LogP contribution < -0.4 is 15.6 Å². The van der Waals surface area contributed by atoms with Crippen molar-refractivity contribution in [2.45, 2.75) is 40.7 Å². The minimum Gasteiger partial charge on any atom is -0.492 e. The van der Waals surface area contributed by atoms with Gasteiger partial charge in [-0.05, 0) is 43.5 Å². The summed E-state index contributed by atoms with van der Waals surface area (Å²) in [5.41, 5.74) is 1.43. The van der Waals surface area contributed by atoms with Gasteiger partial charge in [0.1, 0.15) is 10.6 Å². The van der Waals surface area contributed by atoms with E-state index in [2.05, 4.69) is 24.1 Å². The van der Waals surface area contributed by atoms with Crippen LogP contribution in [0.15, 0.2) is 29.3 Å². The highest BCUT2D eigenvalue weighted by atomic mass is 35.5. The van der Waals surface area contributed by atoms with E-state index >= 15 is 0 Å². The lowest BCUT2D eigenvalue weighted by Gasteiger charge is -2.12. The Balaban J connectivity index is 1.64. The summed E-state index contributed by atoms with van der Waals surface area (Å²) >= 11 is 7.74. The predicted octanol–water partition coefficient (Wildman–Crippen LogP) is 4.79. The minimum absolute atomic E-state index is 0.112. The third-order valence-electron chi connectivity index (χ3n) is 4.52. The summed E-state index contributed by atoms with van der Waals surface area (Å²) in [5.74, 6) is 0.775. The molecule has 0 saturated carbocycles. The molecule has 3 aromatic rings. The van der Waals surface area contributed by atoms with E-state index in [0.717, 1.165) is 15.3 Å². The first kappa shape index (κ1) is 21.3. The molecule has 8 heteroatoms. The molecule has 154 valence electrons. The van der Waals surface area contributed by atoms with Crippen molar-refractivity contribution in [1.29, 1.82) is 0 Å². The number of hydrogen-bond acceptors (Lipinski definition) is 5. The van der Waals surface area contributed by atoms with Crippen LogP contribution in [-0.4, -0.2) is 22.1 Å². The Morgan fingerprint density at radius 1 is 1.34 bits per heavy atom. The maximum absolute atomic E-state index is 12.7. The van der Waals surface area contributed by atoms with Crippen LogP contribution in [0.25, 0.3) is 10.2 Å². The van der Waals surface area contributed by atoms with Gasteiger partial charge in [-0.3, -0.25) is 14.2 Å². The van der Waals surface area contributed by atoms with E-state index in [4.69, 9.17) is 16.3 Å². The van der Waals surface area contributed by atoms with Crippen molar-refractivity contribution in [2.24, 2.45) is 5.92 Å². The number of rotatable bonds is 7. The summed E-state index contributed by atoms with van der Waals surface area (Å²) in [6.45, 7) is 8.84. The van der Waals surface area contributed by atoms with Crippen molar-refractivity contribution < 1.29 is 9.53 Å². The standard InChI is InChI=1S/C21H24ClN3O3S/c1-12(2)10-28-17-6-5-15(9-16(17)22)24-18(26)7-8-25-11-23-20-19(21(25)27)13(3)14(4)29-20/h5-6,9,11-12H,7-8,10H2,1-4H3,(H,24,26). The summed E-state index contributed by atoms with van der Waals surface area (Å²) in [6, 6.07) is 5.15. The normalized spacial score (nSPS) is 11.2. The molecule has 0 bridgehead atoms. The van der Waals surface area contributed by atoms with E-state index in [1.807, 2.05) is 13.8 Å². The molecule has 0 radical (unpaired) electrons. The van der Waals surface area contributed by atoms with Gasteiger partial charge < -0.3 is 10.1 Å². The number of nitrogens with one attached hydrogen (secondary N) is 1. The molecule has 1 aromatic carbocycles. The van der Waals surface area contributed by atoms with Gasteiger partial charge in [-0.25, -0.2) is 4.98 Å². The monoisotopic (exact) mass is 433 g/mol. The SMILES string of the molecule is Cc1sc2ncn(CCC(=O)Nc3ccc(OCC(C)C)c(Cl)c3)c(=O)c2c1C. The number of amides is 1. The van der Waals surface area contributed by atoms with E-state index in [0.29, 0.717) is 34.4 Å². The fourth-order valence-electron chi connectivity index (χ4n) is 2.83. The molecule has 0 fully saturated rings. The van der Waals surface area contributed by atoms with Crippen LogP contribution in [0.5, 0.6) is 5.75 Å². The Hall–Kier alpha value is -2.38. The second-order valence-electron chi connectivity index (χ2n) is 7.35. The maximum Gasteiger partial charge on any atom is 0.262 e. The van der Waals surface area contributed by atoms with Crippen LogP contribution in [-0.2, 0) is 11.3 Å². The van der Waals surface area contributed by atoms with E-state index in [1.165, 1.54) is 22.2 Å². The van der Waals surface area contributed by atoms with Gasteiger partial charge in [-0.2, -0.15) is 0 Å². The van der Waals surface area contributed by atoms with Crippen molar-refractivity contribution in [3.05, 3.63) is 50.3 Å². The Morgan fingerprint density at radius 2 is 2.10 bits per heavy atom. The van der Waals surface area contributed by atoms with Gasteiger partial charge in [0, 0.05) is 23.5 Å². The lowest BCUT2D eigenvalue weighted by Crippen LogP contribution is -2.23. The number of anilines is 1. The van der Waals surface area contributed by atoms with Crippen LogP contribution in [0, 0.1) is 19.8 Å². The summed E-state index contributed by atoms with van der Waals surface area (Å²) in [5, 5.41) is 3.88. The van der Waals surface area contributed by atoms with Crippen molar-refractivity contribution in [2.75, 3.05) is 11.9 Å². The summed E-state index contributed by atoms with van der Waals surface area (Å²) < 4.78 is 7.12. The van der Waals surface area contributed by atoms with Gasteiger partial charge in [0.2, 0.25) is 5.91 Å². The molecule has 1 amide bonds. The molecule has 2 aromatic heterocycles. The first-order chi connectivity index (χ1) is 13.8. The fourth-order valence-corrected chi connectivity index (χ4v) is 4.05. The molecule has 2 heterocycles. The number of carbonyl (C=O) groups excluding carboxylic acids is 1. The number of aryl methyl sites for hydroxylation is 3. The van der Waals surface area contributed by atoms with Gasteiger partial charge in [-0.15, -0.1) is 11.3 Å². The summed E-state index contributed by atoms with van der Waals surface area (Å²) in [4.78, 5) is 31.2. The molecule has 29 heavy (non-hydrogen) atoms. The van der Waals surface area contributed by atoms with Crippen LogP contribution in [0.3, 0.4) is 0 Å². The molecule has 0 unspecified atom stereocenters. The first-order valence-corrected chi connectivity index (χ1v) is 10.6. The Kier molecular flexibility index (Phi) is 6.59. The molecule has 3 rings (SSSR count). The Labute approximate surface area is 178 Å². The molecular formula is C21H24ClN3O3S. The molecule has 0 saturated heterocycles. The van der Waals surface area contributed by atoms with Crippen LogP contribution >= 0.6 is 22.9 Å². The van der Waals surface area contributed by atoms with Crippen molar-refractivity contribution in [1.82, 2.24) is 9.55 Å². The topological polar surface area (TPSA) is 73.2 Å². The van der Waals surface area contributed by atoms with E-state index in [9.17, 15) is 9.59 Å². The number of fused-ring (bicyclic) bond motifs is 1. The fraction of sp³-hybridized carbons (Fsp3) is 0.381. The number of aromatic nitrogens is 2. The number of benzene rings is 1. The zero-order chi connectivity index (χ0) is 21.1. The molecule has 1 N–H and O–H groups in total. The van der Waals surface area contributed by atoms with Crippen LogP contribution in [0.4, 0.5) is 5.69 Å².